The third-order valence-corrected chi connectivity index (χ3v) is 12.4. The Morgan fingerprint density at radius 2 is 0.662 bits per heavy atom. The molecule has 0 N–H and O–H groups in total. The lowest BCUT2D eigenvalue weighted by Crippen LogP contribution is -2.30. The fourth-order valence-corrected chi connectivity index (χ4v) is 8.06. The monoisotopic (exact) mass is 947 g/mol. The van der Waals surface area contributed by atoms with E-state index in [1.54, 1.807) is 0 Å². The fourth-order valence-electron chi connectivity index (χ4n) is 8.06. The lowest BCUT2D eigenvalue weighted by atomic mass is 10.1. The van der Waals surface area contributed by atoms with Gasteiger partial charge in [-0.25, -0.2) is 0 Å². The maximum Gasteiger partial charge on any atom is 0.306 e. The average molecular weight is 948 g/mol. The molecular formula is C63H110O5. The largest absolute Gasteiger partial charge is 0.462 e. The molecule has 0 saturated heterocycles. The highest BCUT2D eigenvalue weighted by molar-refractivity contribution is 5.70. The summed E-state index contributed by atoms with van der Waals surface area (Å²) in [4.78, 5) is 25.5. The topological polar surface area (TPSA) is 61.8 Å². The molecule has 0 spiro atoms. The van der Waals surface area contributed by atoms with Crippen LogP contribution in [0.15, 0.2) is 85.1 Å². The summed E-state index contributed by atoms with van der Waals surface area (Å²) >= 11 is 0. The maximum atomic E-state index is 12.8. The van der Waals surface area contributed by atoms with Crippen molar-refractivity contribution in [3.05, 3.63) is 85.1 Å². The Bertz CT molecular complexity index is 1250. The molecule has 68 heavy (non-hydrogen) atoms. The highest BCUT2D eigenvalue weighted by Gasteiger charge is 2.17. The van der Waals surface area contributed by atoms with Crippen molar-refractivity contribution in [2.45, 2.75) is 284 Å². The first-order chi connectivity index (χ1) is 33.6. The van der Waals surface area contributed by atoms with Gasteiger partial charge in [0.1, 0.15) is 6.61 Å². The smallest absolute Gasteiger partial charge is 0.306 e. The molecule has 392 valence electrons. The standard InChI is InChI=1S/C63H110O5/c1-4-7-10-13-16-19-22-25-27-29-31-33-35-37-40-43-46-49-52-55-58-66-59-61(68-63(65)57-54-51-48-45-42-38-24-21-18-15-12-9-6-3)60-67-62(64)56-53-50-47-44-41-39-36-34-32-30-28-26-23-20-17-14-11-8-5-2/h9,12,16-21,25-28,38,42,61H,4-8,10-11,13-15,22-24,29-37,39-41,43-60H2,1-3H3/b12-9-,19-16-,20-17-,21-18-,27-25-,28-26-,42-38-. The minimum atomic E-state index is -0.559. The zero-order valence-corrected chi connectivity index (χ0v) is 45.1. The predicted octanol–water partition coefficient (Wildman–Crippen LogP) is 20.0. The van der Waals surface area contributed by atoms with Crippen molar-refractivity contribution in [3.8, 4) is 0 Å². The molecule has 0 fully saturated rings. The summed E-state index contributed by atoms with van der Waals surface area (Å²) in [6.45, 7) is 7.65. The van der Waals surface area contributed by atoms with Gasteiger partial charge < -0.3 is 14.2 Å². The maximum absolute atomic E-state index is 12.8. The van der Waals surface area contributed by atoms with Crippen LogP contribution < -0.4 is 0 Å². The van der Waals surface area contributed by atoms with E-state index < -0.39 is 6.10 Å². The summed E-state index contributed by atoms with van der Waals surface area (Å²) in [5, 5.41) is 0. The van der Waals surface area contributed by atoms with Gasteiger partial charge in [-0.05, 0) is 116 Å². The van der Waals surface area contributed by atoms with Crippen LogP contribution in [-0.2, 0) is 23.8 Å². The van der Waals surface area contributed by atoms with Gasteiger partial charge in [0.15, 0.2) is 6.10 Å². The number of unbranched alkanes of at least 4 members (excludes halogenated alkanes) is 28. The second kappa shape index (κ2) is 58.4. The third kappa shape index (κ3) is 55.7. The third-order valence-electron chi connectivity index (χ3n) is 12.4. The molecule has 0 heterocycles. The zero-order chi connectivity index (χ0) is 49.2. The van der Waals surface area contributed by atoms with Gasteiger partial charge in [0.2, 0.25) is 0 Å². The number of hydrogen-bond donors (Lipinski definition) is 0. The Morgan fingerprint density at radius 1 is 0.338 bits per heavy atom. The predicted molar refractivity (Wildman–Crippen MR) is 297 cm³/mol. The van der Waals surface area contributed by atoms with E-state index in [2.05, 4.69) is 106 Å². The van der Waals surface area contributed by atoms with Gasteiger partial charge in [-0.2, -0.15) is 0 Å². The number of esters is 2. The van der Waals surface area contributed by atoms with Gasteiger partial charge in [-0.3, -0.25) is 9.59 Å². The minimum Gasteiger partial charge on any atom is -0.462 e. The summed E-state index contributed by atoms with van der Waals surface area (Å²) in [5.74, 6) is -0.432. The van der Waals surface area contributed by atoms with Gasteiger partial charge in [0.05, 0.1) is 6.61 Å². The van der Waals surface area contributed by atoms with Gasteiger partial charge in [-0.15, -0.1) is 0 Å². The first kappa shape index (κ1) is 65.1. The van der Waals surface area contributed by atoms with Gasteiger partial charge in [0.25, 0.3) is 0 Å². The molecule has 1 unspecified atom stereocenters. The number of carbonyl (C=O) groups is 2. The lowest BCUT2D eigenvalue weighted by Gasteiger charge is -2.18. The quantitative estimate of drug-likeness (QED) is 0.0345. The molecule has 5 heteroatoms. The van der Waals surface area contributed by atoms with E-state index in [1.807, 2.05) is 0 Å². The number of ether oxygens (including phenoxy) is 3. The highest BCUT2D eigenvalue weighted by atomic mass is 16.6. The summed E-state index contributed by atoms with van der Waals surface area (Å²) in [7, 11) is 0. The van der Waals surface area contributed by atoms with Crippen LogP contribution in [0.2, 0.25) is 0 Å². The number of rotatable bonds is 53. The molecule has 0 bridgehead atoms. The van der Waals surface area contributed by atoms with E-state index in [-0.39, 0.29) is 25.2 Å². The molecule has 0 saturated carbocycles. The zero-order valence-electron chi connectivity index (χ0n) is 45.1. The summed E-state index contributed by atoms with van der Waals surface area (Å²) in [6, 6.07) is 0. The number of hydrogen-bond acceptors (Lipinski definition) is 5. The average Bonchev–Trinajstić information content (AvgIpc) is 3.34. The van der Waals surface area contributed by atoms with Crippen LogP contribution >= 0.6 is 0 Å². The van der Waals surface area contributed by atoms with Crippen LogP contribution in [0.25, 0.3) is 0 Å². The van der Waals surface area contributed by atoms with Crippen molar-refractivity contribution >= 4 is 11.9 Å². The van der Waals surface area contributed by atoms with Crippen LogP contribution in [0.5, 0.6) is 0 Å². The van der Waals surface area contributed by atoms with Crippen molar-refractivity contribution < 1.29 is 23.8 Å². The normalized spacial score (nSPS) is 12.8. The van der Waals surface area contributed by atoms with E-state index in [4.69, 9.17) is 14.2 Å². The molecule has 0 aromatic rings. The van der Waals surface area contributed by atoms with Gasteiger partial charge in [-0.1, -0.05) is 234 Å². The number of allylic oxidation sites excluding steroid dienone is 14. The fraction of sp³-hybridized carbons (Fsp3) is 0.746. The van der Waals surface area contributed by atoms with Crippen molar-refractivity contribution in [3.63, 3.8) is 0 Å². The van der Waals surface area contributed by atoms with E-state index in [9.17, 15) is 9.59 Å². The minimum absolute atomic E-state index is 0.0677. The number of carbonyl (C=O) groups excluding carboxylic acids is 2. The van der Waals surface area contributed by atoms with E-state index in [0.717, 1.165) is 89.9 Å². The van der Waals surface area contributed by atoms with Crippen molar-refractivity contribution in [1.82, 2.24) is 0 Å². The summed E-state index contributed by atoms with van der Waals surface area (Å²) < 4.78 is 17.5. The van der Waals surface area contributed by atoms with Gasteiger partial charge in [0, 0.05) is 19.4 Å². The molecule has 0 aliphatic rings. The van der Waals surface area contributed by atoms with E-state index in [1.165, 1.54) is 154 Å². The second-order valence-electron chi connectivity index (χ2n) is 19.2. The van der Waals surface area contributed by atoms with Gasteiger partial charge >= 0.3 is 11.9 Å². The Kier molecular flexibility index (Phi) is 55.9. The first-order valence-corrected chi connectivity index (χ1v) is 29.1. The molecule has 0 rings (SSSR count). The molecular weight excluding hydrogens is 837 g/mol. The van der Waals surface area contributed by atoms with E-state index in [0.29, 0.717) is 19.4 Å². The second-order valence-corrected chi connectivity index (χ2v) is 19.2. The Labute approximate surface area is 422 Å². The summed E-state index contributed by atoms with van der Waals surface area (Å²) in [6.07, 6.45) is 77.5. The van der Waals surface area contributed by atoms with Crippen LogP contribution in [0.4, 0.5) is 0 Å². The van der Waals surface area contributed by atoms with Crippen LogP contribution in [0, 0.1) is 0 Å². The summed E-state index contributed by atoms with van der Waals surface area (Å²) in [5.41, 5.74) is 0. The van der Waals surface area contributed by atoms with Crippen LogP contribution in [-0.4, -0.2) is 37.9 Å². The van der Waals surface area contributed by atoms with Crippen molar-refractivity contribution in [2.75, 3.05) is 19.8 Å². The Balaban J connectivity index is 4.27. The molecule has 0 aliphatic carbocycles. The van der Waals surface area contributed by atoms with Crippen molar-refractivity contribution in [1.29, 1.82) is 0 Å². The van der Waals surface area contributed by atoms with E-state index >= 15 is 0 Å². The lowest BCUT2D eigenvalue weighted by molar-refractivity contribution is -0.163. The molecule has 5 nitrogen and oxygen atoms in total. The molecule has 0 aromatic carbocycles. The SMILES string of the molecule is CC/C=C\C/C=C\C/C=C\CCCCCC(=O)OC(COCCCCCCCCCCCC/C=C\C/C=C\CCCCC)COC(=O)CCCCCCCCCCC/C=C\C/C=C\CCCCC. The molecule has 0 aliphatic heterocycles. The highest BCUT2D eigenvalue weighted by Crippen LogP contribution is 2.15. The van der Waals surface area contributed by atoms with Crippen LogP contribution in [0.3, 0.4) is 0 Å². The molecule has 0 radical (unpaired) electrons. The molecule has 1 atom stereocenters. The molecule has 0 amide bonds. The van der Waals surface area contributed by atoms with Crippen LogP contribution in [0.1, 0.15) is 278 Å². The molecule has 0 aromatic heterocycles. The Morgan fingerprint density at radius 3 is 1.07 bits per heavy atom. The Hall–Kier alpha value is -2.92. The first-order valence-electron chi connectivity index (χ1n) is 29.1. The van der Waals surface area contributed by atoms with Crippen molar-refractivity contribution in [2.24, 2.45) is 0 Å².